The van der Waals surface area contributed by atoms with Crippen LogP contribution < -0.4 is 0 Å². The number of hydrogen-bond donors (Lipinski definition) is 0. The lowest BCUT2D eigenvalue weighted by Gasteiger charge is -2.27. The predicted octanol–water partition coefficient (Wildman–Crippen LogP) is 0.960. The van der Waals surface area contributed by atoms with Crippen molar-refractivity contribution in [2.24, 2.45) is 3.77 Å². The summed E-state index contributed by atoms with van der Waals surface area (Å²) < 4.78 is 66.8. The number of aryl methyl sites for hydroxylation is 1. The number of rotatable bonds is 4. The van der Waals surface area contributed by atoms with Gasteiger partial charge in [-0.05, 0) is 31.9 Å². The van der Waals surface area contributed by atoms with Crippen LogP contribution >= 0.6 is 0 Å². The first kappa shape index (κ1) is 17.8. The molecular weight excluding hydrogens is 372 g/mol. The van der Waals surface area contributed by atoms with Crippen LogP contribution in [0.2, 0.25) is 0 Å². The summed E-state index contributed by atoms with van der Waals surface area (Å²) in [5, 5.41) is -0.320. The summed E-state index contributed by atoms with van der Waals surface area (Å²) in [6.07, 6.45) is 1.33. The summed E-state index contributed by atoms with van der Waals surface area (Å²) in [6, 6.07) is 6.17. The molecule has 0 atom stereocenters. The maximum absolute atomic E-state index is 12.8. The quantitative estimate of drug-likeness (QED) is 0.760. The molecule has 1 saturated carbocycles. The Bertz CT molecular complexity index is 940. The molecule has 1 aromatic carbocycles. The minimum atomic E-state index is -4.01. The molecule has 10 heteroatoms. The molecule has 2 aliphatic rings. The molecule has 3 rings (SSSR count). The van der Waals surface area contributed by atoms with Crippen LogP contribution in [0.1, 0.15) is 18.4 Å². The number of hydrogen-bond acceptors (Lipinski definition) is 5. The van der Waals surface area contributed by atoms with Crippen LogP contribution in [0.25, 0.3) is 0 Å². The first-order valence-corrected chi connectivity index (χ1v) is 12.5. The minimum Gasteiger partial charge on any atom is -0.249 e. The zero-order valence-corrected chi connectivity index (χ0v) is 15.7. The van der Waals surface area contributed by atoms with E-state index in [-0.39, 0.29) is 34.7 Å². The molecule has 0 radical (unpaired) electrons. The zero-order chi connectivity index (χ0) is 17.6. The largest absolute Gasteiger partial charge is 0.290 e. The van der Waals surface area contributed by atoms with Gasteiger partial charge in [-0.15, -0.1) is 3.77 Å². The van der Waals surface area contributed by atoms with Gasteiger partial charge in [-0.3, -0.25) is 0 Å². The maximum Gasteiger partial charge on any atom is 0.290 e. The van der Waals surface area contributed by atoms with Gasteiger partial charge in [0.25, 0.3) is 10.0 Å². The fraction of sp³-hybridized carbons (Fsp3) is 0.571. The van der Waals surface area contributed by atoms with E-state index in [1.165, 1.54) is 16.4 Å². The molecule has 0 aromatic heterocycles. The summed E-state index contributed by atoms with van der Waals surface area (Å²) in [7, 11) is -10.3. The van der Waals surface area contributed by atoms with Crippen LogP contribution in [0, 0.1) is 6.92 Å². The van der Waals surface area contributed by atoms with Crippen LogP contribution in [0.5, 0.6) is 0 Å². The van der Waals surface area contributed by atoms with Gasteiger partial charge in [0.1, 0.15) is 0 Å². The van der Waals surface area contributed by atoms with E-state index < -0.39 is 29.8 Å². The highest BCUT2D eigenvalue weighted by molar-refractivity contribution is 8.03. The van der Waals surface area contributed by atoms with Gasteiger partial charge >= 0.3 is 0 Å². The van der Waals surface area contributed by atoms with E-state index in [1.54, 1.807) is 12.1 Å². The van der Waals surface area contributed by atoms with Gasteiger partial charge in [0, 0.05) is 24.6 Å². The molecule has 1 aliphatic carbocycles. The Hall–Kier alpha value is -0.970. The summed E-state index contributed by atoms with van der Waals surface area (Å²) in [4.78, 5) is 0.00357. The first-order valence-electron chi connectivity index (χ1n) is 7.67. The minimum absolute atomic E-state index is 0.00357. The van der Waals surface area contributed by atoms with Crippen molar-refractivity contribution in [3.05, 3.63) is 29.8 Å². The van der Waals surface area contributed by atoms with E-state index in [0.29, 0.717) is 12.8 Å². The van der Waals surface area contributed by atoms with E-state index >= 15 is 0 Å². The SMILES string of the molecule is Cc1ccc(S(=O)(=O)N=S2(=O)CCN(S(=O)(=O)C3CC3)CC2)cc1. The van der Waals surface area contributed by atoms with Gasteiger partial charge in [0.2, 0.25) is 10.0 Å². The monoisotopic (exact) mass is 392 g/mol. The van der Waals surface area contributed by atoms with Gasteiger partial charge in [-0.25, -0.2) is 12.6 Å². The summed E-state index contributed by atoms with van der Waals surface area (Å²) in [5.41, 5.74) is 0.914. The fourth-order valence-electron chi connectivity index (χ4n) is 2.54. The second kappa shape index (κ2) is 6.08. The Morgan fingerprint density at radius 1 is 1.04 bits per heavy atom. The average Bonchev–Trinajstić information content (AvgIpc) is 3.32. The molecule has 1 aromatic rings. The lowest BCUT2D eigenvalue weighted by atomic mass is 10.2. The Balaban J connectivity index is 1.81. The molecule has 0 spiro atoms. The number of benzene rings is 1. The van der Waals surface area contributed by atoms with E-state index in [0.717, 1.165) is 5.56 Å². The van der Waals surface area contributed by atoms with Crippen LogP contribution in [0.3, 0.4) is 0 Å². The van der Waals surface area contributed by atoms with Gasteiger partial charge in [-0.1, -0.05) is 17.7 Å². The third-order valence-corrected chi connectivity index (χ3v) is 11.0. The Kier molecular flexibility index (Phi) is 4.52. The summed E-state index contributed by atoms with van der Waals surface area (Å²) in [5.74, 6) is -0.103. The van der Waals surface area contributed by atoms with Crippen molar-refractivity contribution in [3.8, 4) is 0 Å². The van der Waals surface area contributed by atoms with Gasteiger partial charge in [0.05, 0.1) is 19.9 Å². The molecular formula is C14H20N2O5S3. The second-order valence-corrected chi connectivity index (χ2v) is 12.8. The van der Waals surface area contributed by atoms with Crippen LogP contribution in [-0.4, -0.2) is 55.2 Å². The predicted molar refractivity (Wildman–Crippen MR) is 92.2 cm³/mol. The highest BCUT2D eigenvalue weighted by Gasteiger charge is 2.41. The van der Waals surface area contributed by atoms with E-state index in [9.17, 15) is 21.0 Å². The van der Waals surface area contributed by atoms with Crippen LogP contribution in [0.15, 0.2) is 32.9 Å². The molecule has 0 amide bonds. The molecule has 1 heterocycles. The molecule has 1 aliphatic heterocycles. The van der Waals surface area contributed by atoms with Crippen LogP contribution in [0.4, 0.5) is 0 Å². The fourth-order valence-corrected chi connectivity index (χ4v) is 8.68. The molecule has 0 unspecified atom stereocenters. The van der Waals surface area contributed by atoms with Crippen molar-refractivity contribution in [1.82, 2.24) is 4.31 Å². The average molecular weight is 393 g/mol. The molecule has 0 N–H and O–H groups in total. The molecule has 2 fully saturated rings. The third-order valence-electron chi connectivity index (χ3n) is 4.18. The lowest BCUT2D eigenvalue weighted by Crippen LogP contribution is -2.45. The Morgan fingerprint density at radius 2 is 1.58 bits per heavy atom. The topological polar surface area (TPSA) is 101 Å². The van der Waals surface area contributed by atoms with Crippen molar-refractivity contribution in [2.75, 3.05) is 24.6 Å². The standard InChI is InChI=1S/C14H20N2O5S3/c1-12-2-4-13(5-3-12)23(18,19)15-22(17)10-8-16(9-11-22)24(20,21)14-6-7-14/h2-5,14H,6-11H2,1H3. The number of nitrogens with zero attached hydrogens (tertiary/aromatic N) is 2. The van der Waals surface area contributed by atoms with E-state index in [4.69, 9.17) is 0 Å². The van der Waals surface area contributed by atoms with Gasteiger partial charge < -0.3 is 0 Å². The zero-order valence-electron chi connectivity index (χ0n) is 13.3. The first-order chi connectivity index (χ1) is 11.1. The maximum atomic E-state index is 12.8. The van der Waals surface area contributed by atoms with E-state index in [2.05, 4.69) is 3.77 Å². The second-order valence-electron chi connectivity index (χ2n) is 6.19. The highest BCUT2D eigenvalue weighted by Crippen LogP contribution is 2.31. The van der Waals surface area contributed by atoms with Gasteiger partial charge in [0.15, 0.2) is 0 Å². The molecule has 7 nitrogen and oxygen atoms in total. The normalized spacial score (nSPS) is 22.2. The van der Waals surface area contributed by atoms with Gasteiger partial charge in [-0.2, -0.15) is 12.7 Å². The number of sulfonamides is 2. The van der Waals surface area contributed by atoms with E-state index in [1.807, 2.05) is 6.92 Å². The van der Waals surface area contributed by atoms with Crippen molar-refractivity contribution in [3.63, 3.8) is 0 Å². The van der Waals surface area contributed by atoms with Crippen molar-refractivity contribution in [1.29, 1.82) is 0 Å². The third kappa shape index (κ3) is 3.66. The van der Waals surface area contributed by atoms with Crippen molar-refractivity contribution >= 4 is 29.8 Å². The molecule has 0 bridgehead atoms. The Labute approximate surface area is 143 Å². The molecule has 134 valence electrons. The molecule has 1 saturated heterocycles. The molecule has 24 heavy (non-hydrogen) atoms. The van der Waals surface area contributed by atoms with Crippen molar-refractivity contribution in [2.45, 2.75) is 29.9 Å². The lowest BCUT2D eigenvalue weighted by molar-refractivity contribution is 0.436. The summed E-state index contributed by atoms with van der Waals surface area (Å²) >= 11 is 0. The van der Waals surface area contributed by atoms with Crippen molar-refractivity contribution < 1.29 is 21.0 Å². The highest BCUT2D eigenvalue weighted by atomic mass is 32.3. The Morgan fingerprint density at radius 3 is 2.08 bits per heavy atom. The smallest absolute Gasteiger partial charge is 0.249 e. The summed E-state index contributed by atoms with van der Waals surface area (Å²) in [6.45, 7) is 1.96. The van der Waals surface area contributed by atoms with Crippen LogP contribution in [-0.2, 0) is 29.8 Å².